The van der Waals surface area contributed by atoms with Crippen LogP contribution >= 0.6 is 0 Å². The molecule has 2 aromatic rings. The third-order valence-corrected chi connectivity index (χ3v) is 3.34. The lowest BCUT2D eigenvalue weighted by molar-refractivity contribution is 0.455. The van der Waals surface area contributed by atoms with Gasteiger partial charge in [-0.15, -0.1) is 0 Å². The minimum Gasteiger partial charge on any atom is -0.508 e. The van der Waals surface area contributed by atoms with Crippen molar-refractivity contribution in [1.82, 2.24) is 5.43 Å². The minimum atomic E-state index is 0.000932. The highest BCUT2D eigenvalue weighted by atomic mass is 16.3. The maximum atomic E-state index is 10.00. The van der Waals surface area contributed by atoms with Gasteiger partial charge in [0.05, 0.1) is 6.04 Å². The predicted octanol–water partition coefficient (Wildman–Crippen LogP) is 3.04. The van der Waals surface area contributed by atoms with Crippen LogP contribution in [0.1, 0.15) is 35.1 Å². The molecule has 1 aromatic heterocycles. The zero-order chi connectivity index (χ0) is 13.4. The summed E-state index contributed by atoms with van der Waals surface area (Å²) in [5.41, 5.74) is 5.86. The Morgan fingerprint density at radius 3 is 2.79 bits per heavy atom. The van der Waals surface area contributed by atoms with Crippen LogP contribution in [0.15, 0.2) is 39.9 Å². The topological polar surface area (TPSA) is 57.8 Å². The molecule has 0 saturated heterocycles. The molecular weight excluding hydrogens is 240 g/mol. The van der Waals surface area contributed by atoms with E-state index < -0.39 is 0 Å². The van der Waals surface area contributed by atoms with E-state index in [0.717, 1.165) is 28.4 Å². The van der Waals surface area contributed by atoms with Crippen LogP contribution < -0.4 is 5.43 Å². The number of hydrazone groups is 1. The van der Waals surface area contributed by atoms with Crippen LogP contribution in [0.3, 0.4) is 0 Å². The lowest BCUT2D eigenvalue weighted by Crippen LogP contribution is -2.10. The van der Waals surface area contributed by atoms with E-state index in [9.17, 15) is 5.11 Å². The van der Waals surface area contributed by atoms with E-state index in [1.165, 1.54) is 0 Å². The number of hydrogen-bond acceptors (Lipinski definition) is 4. The minimum absolute atomic E-state index is 0.000932. The van der Waals surface area contributed by atoms with Gasteiger partial charge in [0, 0.05) is 12.0 Å². The van der Waals surface area contributed by atoms with Gasteiger partial charge in [-0.25, -0.2) is 0 Å². The molecule has 0 bridgehead atoms. The first-order valence-corrected chi connectivity index (χ1v) is 6.32. The fraction of sp³-hybridized carbons (Fsp3) is 0.267. The van der Waals surface area contributed by atoms with Crippen molar-refractivity contribution in [3.8, 4) is 5.75 Å². The molecule has 0 fully saturated rings. The molecule has 0 radical (unpaired) electrons. The summed E-state index contributed by atoms with van der Waals surface area (Å²) >= 11 is 0. The maximum Gasteiger partial charge on any atom is 0.150 e. The van der Waals surface area contributed by atoms with Crippen molar-refractivity contribution < 1.29 is 9.52 Å². The number of aryl methyl sites for hydroxylation is 2. The molecule has 1 aromatic carbocycles. The number of rotatable bonds is 2. The van der Waals surface area contributed by atoms with E-state index in [0.29, 0.717) is 12.2 Å². The van der Waals surface area contributed by atoms with E-state index in [1.807, 2.05) is 38.1 Å². The molecule has 3 rings (SSSR count). The predicted molar refractivity (Wildman–Crippen MR) is 73.3 cm³/mol. The van der Waals surface area contributed by atoms with Gasteiger partial charge < -0.3 is 14.9 Å². The fourth-order valence-electron chi connectivity index (χ4n) is 2.31. The van der Waals surface area contributed by atoms with Crippen molar-refractivity contribution in [2.24, 2.45) is 5.10 Å². The van der Waals surface area contributed by atoms with E-state index in [2.05, 4.69) is 10.5 Å². The Labute approximate surface area is 111 Å². The molecule has 1 unspecified atom stereocenters. The smallest absolute Gasteiger partial charge is 0.150 e. The zero-order valence-electron chi connectivity index (χ0n) is 11.0. The molecule has 98 valence electrons. The molecule has 1 aliphatic heterocycles. The molecule has 0 aliphatic carbocycles. The number of phenols is 1. The second-order valence-corrected chi connectivity index (χ2v) is 4.92. The molecule has 0 spiro atoms. The second kappa shape index (κ2) is 4.46. The summed E-state index contributed by atoms with van der Waals surface area (Å²) in [5, 5.41) is 14.3. The summed E-state index contributed by atoms with van der Waals surface area (Å²) in [6.45, 7) is 3.87. The first kappa shape index (κ1) is 11.8. The van der Waals surface area contributed by atoms with Gasteiger partial charge in [-0.3, -0.25) is 0 Å². The quantitative estimate of drug-likeness (QED) is 0.868. The average Bonchev–Trinajstić information content (AvgIpc) is 2.97. The standard InChI is InChI=1S/C15H16N2O2/c1-9-3-5-11(14(18)7-9)12-8-13(17-16-12)15-6-4-10(2)19-15/h3-7,12,16,18H,8H2,1-2H3. The highest BCUT2D eigenvalue weighted by Crippen LogP contribution is 2.31. The zero-order valence-corrected chi connectivity index (χ0v) is 11.0. The number of phenolic OH excluding ortho intramolecular Hbond substituents is 1. The number of hydrogen-bond donors (Lipinski definition) is 2. The lowest BCUT2D eigenvalue weighted by Gasteiger charge is -2.12. The third-order valence-electron chi connectivity index (χ3n) is 3.34. The first-order valence-electron chi connectivity index (χ1n) is 6.32. The monoisotopic (exact) mass is 256 g/mol. The molecule has 4 heteroatoms. The van der Waals surface area contributed by atoms with Gasteiger partial charge in [-0.2, -0.15) is 5.10 Å². The molecule has 2 heterocycles. The Hall–Kier alpha value is -2.23. The molecular formula is C15H16N2O2. The molecule has 0 amide bonds. The number of aromatic hydroxyl groups is 1. The molecule has 2 N–H and O–H groups in total. The van der Waals surface area contributed by atoms with Crippen LogP contribution in [0.5, 0.6) is 5.75 Å². The Morgan fingerprint density at radius 1 is 1.26 bits per heavy atom. The van der Waals surface area contributed by atoms with Crippen molar-refractivity contribution in [2.75, 3.05) is 0 Å². The van der Waals surface area contributed by atoms with Gasteiger partial charge in [0.15, 0.2) is 0 Å². The fourth-order valence-corrected chi connectivity index (χ4v) is 2.31. The summed E-state index contributed by atoms with van der Waals surface area (Å²) in [5.74, 6) is 1.98. The van der Waals surface area contributed by atoms with E-state index in [-0.39, 0.29) is 6.04 Å². The summed E-state index contributed by atoms with van der Waals surface area (Å²) < 4.78 is 5.57. The molecule has 19 heavy (non-hydrogen) atoms. The van der Waals surface area contributed by atoms with Crippen LogP contribution in [0, 0.1) is 13.8 Å². The molecule has 4 nitrogen and oxygen atoms in total. The third kappa shape index (κ3) is 2.21. The van der Waals surface area contributed by atoms with Gasteiger partial charge in [-0.05, 0) is 37.6 Å². The number of nitrogens with one attached hydrogen (secondary N) is 1. The van der Waals surface area contributed by atoms with Crippen molar-refractivity contribution in [3.63, 3.8) is 0 Å². The van der Waals surface area contributed by atoms with Gasteiger partial charge in [0.2, 0.25) is 0 Å². The molecule has 0 saturated carbocycles. The van der Waals surface area contributed by atoms with Gasteiger partial charge in [0.25, 0.3) is 0 Å². The summed E-state index contributed by atoms with van der Waals surface area (Å²) in [4.78, 5) is 0. The molecule has 1 atom stereocenters. The summed E-state index contributed by atoms with van der Waals surface area (Å²) in [7, 11) is 0. The van der Waals surface area contributed by atoms with Gasteiger partial charge in [-0.1, -0.05) is 12.1 Å². The van der Waals surface area contributed by atoms with Crippen LogP contribution in [-0.4, -0.2) is 10.8 Å². The second-order valence-electron chi connectivity index (χ2n) is 4.92. The van der Waals surface area contributed by atoms with Gasteiger partial charge >= 0.3 is 0 Å². The Morgan fingerprint density at radius 2 is 2.11 bits per heavy atom. The maximum absolute atomic E-state index is 10.00. The highest BCUT2D eigenvalue weighted by Gasteiger charge is 2.24. The highest BCUT2D eigenvalue weighted by molar-refractivity contribution is 5.99. The van der Waals surface area contributed by atoms with E-state index >= 15 is 0 Å². The van der Waals surface area contributed by atoms with Crippen molar-refractivity contribution in [3.05, 3.63) is 53.0 Å². The average molecular weight is 256 g/mol. The number of benzene rings is 1. The van der Waals surface area contributed by atoms with Crippen molar-refractivity contribution in [1.29, 1.82) is 0 Å². The van der Waals surface area contributed by atoms with Crippen LogP contribution in [0.2, 0.25) is 0 Å². The first-order chi connectivity index (χ1) is 9.13. The lowest BCUT2D eigenvalue weighted by atomic mass is 10.00. The largest absolute Gasteiger partial charge is 0.508 e. The van der Waals surface area contributed by atoms with Crippen LogP contribution in [0.4, 0.5) is 0 Å². The van der Waals surface area contributed by atoms with Gasteiger partial charge in [0.1, 0.15) is 23.0 Å². The Balaban J connectivity index is 1.81. The number of furan rings is 1. The van der Waals surface area contributed by atoms with E-state index in [4.69, 9.17) is 4.42 Å². The SMILES string of the molecule is Cc1ccc(C2CC(c3ccc(C)o3)=NN2)c(O)c1. The summed E-state index contributed by atoms with van der Waals surface area (Å²) in [6, 6.07) is 9.55. The molecule has 1 aliphatic rings. The van der Waals surface area contributed by atoms with Crippen LogP contribution in [0.25, 0.3) is 0 Å². The van der Waals surface area contributed by atoms with Crippen LogP contribution in [-0.2, 0) is 0 Å². The van der Waals surface area contributed by atoms with Crippen molar-refractivity contribution >= 4 is 5.71 Å². The van der Waals surface area contributed by atoms with E-state index in [1.54, 1.807) is 6.07 Å². The normalized spacial score (nSPS) is 18.2. The van der Waals surface area contributed by atoms with Crippen molar-refractivity contribution in [2.45, 2.75) is 26.3 Å². The Kier molecular flexibility index (Phi) is 2.78. The Bertz CT molecular complexity index is 643. The number of nitrogens with zero attached hydrogens (tertiary/aromatic N) is 1. The summed E-state index contributed by atoms with van der Waals surface area (Å²) in [6.07, 6.45) is 0.712.